The molecular weight excluding hydrogens is 338 g/mol. The molecule has 0 aliphatic heterocycles. The summed E-state index contributed by atoms with van der Waals surface area (Å²) in [6, 6.07) is 13.4. The Labute approximate surface area is 153 Å². The summed E-state index contributed by atoms with van der Waals surface area (Å²) in [6.45, 7) is 2.94. The quantitative estimate of drug-likeness (QED) is 0.687. The van der Waals surface area contributed by atoms with Crippen LogP contribution < -0.4 is 9.47 Å². The molecule has 2 aromatic carbocycles. The fraction of sp³-hybridized carbons (Fsp3) is 0.250. The fourth-order valence-corrected chi connectivity index (χ4v) is 2.67. The topological polar surface area (TPSA) is 38.8 Å². The number of methoxy groups -OCH3 is 1. The van der Waals surface area contributed by atoms with Gasteiger partial charge in [0.15, 0.2) is 11.5 Å². The van der Waals surface area contributed by atoms with Crippen molar-refractivity contribution in [1.82, 2.24) is 4.90 Å². The number of likely N-dealkylation sites (N-methyl/N-ethyl adjacent to an activating group) is 1. The van der Waals surface area contributed by atoms with Gasteiger partial charge in [0, 0.05) is 19.7 Å². The minimum atomic E-state index is -0.0891. The molecule has 0 heterocycles. The van der Waals surface area contributed by atoms with Crippen LogP contribution in [0.3, 0.4) is 0 Å². The molecule has 0 saturated heterocycles. The molecular formula is C20H22ClNO3. The van der Waals surface area contributed by atoms with Gasteiger partial charge < -0.3 is 14.4 Å². The maximum Gasteiger partial charge on any atom is 0.246 e. The van der Waals surface area contributed by atoms with Gasteiger partial charge in [-0.15, -0.1) is 0 Å². The van der Waals surface area contributed by atoms with Crippen LogP contribution in [-0.4, -0.2) is 31.6 Å². The molecule has 0 unspecified atom stereocenters. The SMILES string of the molecule is CCOc1cc(C=CC(=O)N(C)Cc2ccccc2)cc(Cl)c1OC. The summed E-state index contributed by atoms with van der Waals surface area (Å²) in [4.78, 5) is 13.9. The van der Waals surface area contributed by atoms with Gasteiger partial charge in [-0.05, 0) is 36.3 Å². The summed E-state index contributed by atoms with van der Waals surface area (Å²) in [5.74, 6) is 0.962. The summed E-state index contributed by atoms with van der Waals surface area (Å²) in [6.07, 6.45) is 3.24. The summed E-state index contributed by atoms with van der Waals surface area (Å²) in [7, 11) is 3.31. The van der Waals surface area contributed by atoms with Gasteiger partial charge in [-0.1, -0.05) is 41.9 Å². The minimum Gasteiger partial charge on any atom is -0.491 e. The fourth-order valence-electron chi connectivity index (χ4n) is 2.38. The zero-order valence-electron chi connectivity index (χ0n) is 14.7. The largest absolute Gasteiger partial charge is 0.491 e. The number of amides is 1. The van der Waals surface area contributed by atoms with E-state index in [0.717, 1.165) is 11.1 Å². The minimum absolute atomic E-state index is 0.0891. The van der Waals surface area contributed by atoms with E-state index in [1.165, 1.54) is 6.08 Å². The highest BCUT2D eigenvalue weighted by molar-refractivity contribution is 6.32. The molecule has 2 aromatic rings. The number of hydrogen-bond donors (Lipinski definition) is 0. The van der Waals surface area contributed by atoms with Gasteiger partial charge in [-0.2, -0.15) is 0 Å². The highest BCUT2D eigenvalue weighted by Gasteiger charge is 2.11. The first-order valence-electron chi connectivity index (χ1n) is 8.02. The Morgan fingerprint density at radius 2 is 1.96 bits per heavy atom. The maximum atomic E-state index is 12.3. The second-order valence-corrected chi connectivity index (χ2v) is 5.89. The lowest BCUT2D eigenvalue weighted by molar-refractivity contribution is -0.125. The van der Waals surface area contributed by atoms with Crippen molar-refractivity contribution in [3.05, 3.63) is 64.7 Å². The molecule has 0 radical (unpaired) electrons. The summed E-state index contributed by atoms with van der Waals surface area (Å²) >= 11 is 6.22. The number of benzene rings is 2. The number of nitrogens with zero attached hydrogens (tertiary/aromatic N) is 1. The first-order chi connectivity index (χ1) is 12.0. The Bertz CT molecular complexity index is 744. The normalized spacial score (nSPS) is 10.7. The van der Waals surface area contributed by atoms with Crippen LogP contribution in [0.2, 0.25) is 5.02 Å². The third-order valence-electron chi connectivity index (χ3n) is 3.59. The lowest BCUT2D eigenvalue weighted by Crippen LogP contribution is -2.24. The molecule has 5 heteroatoms. The molecule has 0 aliphatic carbocycles. The van der Waals surface area contributed by atoms with Crippen LogP contribution >= 0.6 is 11.6 Å². The van der Waals surface area contributed by atoms with Crippen LogP contribution in [0, 0.1) is 0 Å². The molecule has 0 N–H and O–H groups in total. The molecule has 2 rings (SSSR count). The average Bonchev–Trinajstić information content (AvgIpc) is 2.60. The van der Waals surface area contributed by atoms with Crippen LogP contribution in [0.25, 0.3) is 6.08 Å². The first-order valence-corrected chi connectivity index (χ1v) is 8.40. The molecule has 4 nitrogen and oxygen atoms in total. The van der Waals surface area contributed by atoms with Gasteiger partial charge in [-0.3, -0.25) is 4.79 Å². The van der Waals surface area contributed by atoms with Gasteiger partial charge in [0.1, 0.15) is 0 Å². The van der Waals surface area contributed by atoms with Crippen LogP contribution in [-0.2, 0) is 11.3 Å². The van der Waals surface area contributed by atoms with Crippen molar-refractivity contribution in [3.8, 4) is 11.5 Å². The molecule has 0 bridgehead atoms. The van der Waals surface area contributed by atoms with Gasteiger partial charge >= 0.3 is 0 Å². The molecule has 0 fully saturated rings. The van der Waals surface area contributed by atoms with Crippen molar-refractivity contribution in [3.63, 3.8) is 0 Å². The van der Waals surface area contributed by atoms with Crippen molar-refractivity contribution in [1.29, 1.82) is 0 Å². The van der Waals surface area contributed by atoms with Crippen molar-refractivity contribution in [2.45, 2.75) is 13.5 Å². The van der Waals surface area contributed by atoms with Crippen molar-refractivity contribution in [2.24, 2.45) is 0 Å². The lowest BCUT2D eigenvalue weighted by atomic mass is 10.1. The van der Waals surface area contributed by atoms with Crippen molar-refractivity contribution >= 4 is 23.6 Å². The molecule has 0 aromatic heterocycles. The van der Waals surface area contributed by atoms with Crippen molar-refractivity contribution in [2.75, 3.05) is 20.8 Å². The average molecular weight is 360 g/mol. The molecule has 25 heavy (non-hydrogen) atoms. The third-order valence-corrected chi connectivity index (χ3v) is 3.87. The zero-order valence-corrected chi connectivity index (χ0v) is 15.4. The van der Waals surface area contributed by atoms with Gasteiger partial charge in [0.2, 0.25) is 5.91 Å². The van der Waals surface area contributed by atoms with Crippen LogP contribution in [0.15, 0.2) is 48.5 Å². The summed E-state index contributed by atoms with van der Waals surface area (Å²) in [5.41, 5.74) is 1.86. The van der Waals surface area contributed by atoms with Crippen LogP contribution in [0.4, 0.5) is 0 Å². The van der Waals surface area contributed by atoms with E-state index >= 15 is 0 Å². The van der Waals surface area contributed by atoms with E-state index in [0.29, 0.717) is 29.7 Å². The highest BCUT2D eigenvalue weighted by atomic mass is 35.5. The summed E-state index contributed by atoms with van der Waals surface area (Å²) < 4.78 is 10.8. The van der Waals surface area contributed by atoms with Crippen LogP contribution in [0.1, 0.15) is 18.1 Å². The maximum absolute atomic E-state index is 12.3. The predicted molar refractivity (Wildman–Crippen MR) is 101 cm³/mol. The third kappa shape index (κ3) is 5.26. The Balaban J connectivity index is 2.11. The second-order valence-electron chi connectivity index (χ2n) is 5.48. The monoisotopic (exact) mass is 359 g/mol. The lowest BCUT2D eigenvalue weighted by Gasteiger charge is -2.15. The standard InChI is InChI=1S/C20H22ClNO3/c1-4-25-18-13-16(12-17(21)20(18)24-3)10-11-19(23)22(2)14-15-8-6-5-7-9-15/h5-13H,4,14H2,1-3H3. The number of carbonyl (C=O) groups excluding carboxylic acids is 1. The molecule has 1 amide bonds. The van der Waals surface area contributed by atoms with E-state index in [4.69, 9.17) is 21.1 Å². The molecule has 0 saturated carbocycles. The first kappa shape index (κ1) is 18.9. The molecule has 0 atom stereocenters. The van der Waals surface area contributed by atoms with Gasteiger partial charge in [0.25, 0.3) is 0 Å². The van der Waals surface area contributed by atoms with E-state index in [2.05, 4.69) is 0 Å². The molecule has 0 aliphatic rings. The zero-order chi connectivity index (χ0) is 18.2. The van der Waals surface area contributed by atoms with E-state index in [1.54, 1.807) is 37.3 Å². The van der Waals surface area contributed by atoms with E-state index in [1.807, 2.05) is 37.3 Å². The Kier molecular flexibility index (Phi) is 6.90. The van der Waals surface area contributed by atoms with E-state index < -0.39 is 0 Å². The Morgan fingerprint density at radius 1 is 1.24 bits per heavy atom. The predicted octanol–water partition coefficient (Wildman–Crippen LogP) is 4.42. The van der Waals surface area contributed by atoms with Gasteiger partial charge in [0.05, 0.1) is 18.7 Å². The highest BCUT2D eigenvalue weighted by Crippen LogP contribution is 2.36. The number of ether oxygens (including phenoxy) is 2. The smallest absolute Gasteiger partial charge is 0.246 e. The van der Waals surface area contributed by atoms with E-state index in [-0.39, 0.29) is 5.91 Å². The number of carbonyl (C=O) groups is 1. The Hall–Kier alpha value is -2.46. The molecule has 132 valence electrons. The number of rotatable bonds is 7. The number of hydrogen-bond acceptors (Lipinski definition) is 3. The van der Waals surface area contributed by atoms with Crippen LogP contribution in [0.5, 0.6) is 11.5 Å². The number of halogens is 1. The van der Waals surface area contributed by atoms with Gasteiger partial charge in [-0.25, -0.2) is 0 Å². The summed E-state index contributed by atoms with van der Waals surface area (Å²) in [5, 5.41) is 0.443. The van der Waals surface area contributed by atoms with E-state index in [9.17, 15) is 4.79 Å². The second kappa shape index (κ2) is 9.14. The molecule has 0 spiro atoms. The Morgan fingerprint density at radius 3 is 2.60 bits per heavy atom. The van der Waals surface area contributed by atoms with Crippen molar-refractivity contribution < 1.29 is 14.3 Å².